The van der Waals surface area contributed by atoms with Crippen molar-refractivity contribution < 1.29 is 22.7 Å². The van der Waals surface area contributed by atoms with Crippen molar-refractivity contribution >= 4 is 26.6 Å². The van der Waals surface area contributed by atoms with Crippen molar-refractivity contribution in [1.29, 1.82) is 0 Å². The first-order chi connectivity index (χ1) is 16.3. The lowest BCUT2D eigenvalue weighted by atomic mass is 9.86. The fourth-order valence-corrected chi connectivity index (χ4v) is 5.72. The Labute approximate surface area is 195 Å². The second-order valence-corrected chi connectivity index (χ2v) is 10.3. The molecule has 0 aliphatic carbocycles. The number of amides is 1. The van der Waals surface area contributed by atoms with Crippen LogP contribution in [-0.2, 0) is 21.2 Å². The van der Waals surface area contributed by atoms with Gasteiger partial charge in [0.05, 0.1) is 29.3 Å². The Bertz CT molecular complexity index is 1500. The molecular weight excluding hydrogens is 457 g/mol. The Balaban J connectivity index is 1.30. The summed E-state index contributed by atoms with van der Waals surface area (Å²) in [6.07, 6.45) is 2.85. The number of hydrogen-bond acceptors (Lipinski definition) is 6. The van der Waals surface area contributed by atoms with Crippen molar-refractivity contribution in [3.8, 4) is 0 Å². The van der Waals surface area contributed by atoms with Gasteiger partial charge in [0.2, 0.25) is 5.95 Å². The van der Waals surface area contributed by atoms with E-state index < -0.39 is 21.4 Å². The normalized spacial score (nSPS) is 15.2. The van der Waals surface area contributed by atoms with Crippen molar-refractivity contribution in [2.24, 2.45) is 0 Å². The summed E-state index contributed by atoms with van der Waals surface area (Å²) in [5.41, 5.74) is -0.118. The molecule has 1 aliphatic heterocycles. The number of likely N-dealkylation sites (tertiary alicyclic amines) is 1. The predicted molar refractivity (Wildman–Crippen MR) is 123 cm³/mol. The van der Waals surface area contributed by atoms with Crippen LogP contribution in [0.4, 0.5) is 4.39 Å². The minimum atomic E-state index is -3.67. The molecule has 2 aromatic carbocycles. The summed E-state index contributed by atoms with van der Waals surface area (Å²) in [4.78, 5) is 22.1. The summed E-state index contributed by atoms with van der Waals surface area (Å²) in [5, 5.41) is 11.4. The van der Waals surface area contributed by atoms with Crippen LogP contribution >= 0.6 is 0 Å². The van der Waals surface area contributed by atoms with Gasteiger partial charge in [0.1, 0.15) is 5.60 Å². The van der Waals surface area contributed by atoms with Crippen molar-refractivity contribution in [3.63, 3.8) is 0 Å². The van der Waals surface area contributed by atoms with E-state index in [1.54, 1.807) is 60.8 Å². The fraction of sp³-hybridized carbons (Fsp3) is 0.160. The Morgan fingerprint density at radius 1 is 0.971 bits per heavy atom. The number of hydrogen-bond donors (Lipinski definition) is 1. The van der Waals surface area contributed by atoms with Crippen molar-refractivity contribution in [1.82, 2.24) is 14.9 Å². The summed E-state index contributed by atoms with van der Waals surface area (Å²) in [7, 11) is -3.67. The van der Waals surface area contributed by atoms with Crippen LogP contribution in [-0.4, -0.2) is 47.4 Å². The zero-order chi connectivity index (χ0) is 23.9. The molecule has 0 atom stereocenters. The number of nitrogens with zero attached hydrogens (tertiary/aromatic N) is 3. The molecule has 1 amide bonds. The molecule has 7 nitrogen and oxygen atoms in total. The van der Waals surface area contributed by atoms with Gasteiger partial charge in [-0.1, -0.05) is 30.3 Å². The van der Waals surface area contributed by atoms with Crippen LogP contribution in [0, 0.1) is 5.95 Å². The highest BCUT2D eigenvalue weighted by Crippen LogP contribution is 2.34. The zero-order valence-electron chi connectivity index (χ0n) is 17.9. The average molecular weight is 478 g/mol. The maximum Gasteiger partial charge on any atom is 0.254 e. The number of β-amino-alcohol motifs (C(OH)–C–C–N with tert-alkyl or cyclic N) is 1. The maximum atomic E-state index is 13.9. The predicted octanol–water partition coefficient (Wildman–Crippen LogP) is 3.09. The highest BCUT2D eigenvalue weighted by Gasteiger charge is 2.47. The summed E-state index contributed by atoms with van der Waals surface area (Å²) in [6, 6.07) is 17.9. The molecule has 0 saturated carbocycles. The third-order valence-electron chi connectivity index (χ3n) is 5.94. The quantitative estimate of drug-likeness (QED) is 0.444. The standard InChI is InChI=1S/C25H20FN3O4S/c26-23-20(6-3-13-28-23)25(31)15-29(16-25)24(30)19-10-8-17(9-11-19)14-34(32,33)21-7-1-4-18-5-2-12-27-22(18)21/h1-13,31H,14-16H2. The van der Waals surface area contributed by atoms with E-state index in [2.05, 4.69) is 9.97 Å². The fourth-order valence-electron chi connectivity index (χ4n) is 4.18. The van der Waals surface area contributed by atoms with E-state index in [1.165, 1.54) is 23.2 Å². The number of rotatable bonds is 5. The van der Waals surface area contributed by atoms with Crippen LogP contribution in [0.15, 0.2) is 84.0 Å². The van der Waals surface area contributed by atoms with E-state index >= 15 is 0 Å². The lowest BCUT2D eigenvalue weighted by molar-refractivity contribution is -0.0888. The molecule has 1 aliphatic rings. The van der Waals surface area contributed by atoms with Gasteiger partial charge >= 0.3 is 0 Å². The maximum absolute atomic E-state index is 13.9. The Hall–Kier alpha value is -3.69. The number of para-hydroxylation sites is 1. The largest absolute Gasteiger partial charge is 0.381 e. The molecule has 0 bridgehead atoms. The number of halogens is 1. The van der Waals surface area contributed by atoms with Crippen molar-refractivity contribution in [2.75, 3.05) is 13.1 Å². The highest BCUT2D eigenvalue weighted by molar-refractivity contribution is 7.90. The van der Waals surface area contributed by atoms with Crippen LogP contribution in [0.2, 0.25) is 0 Å². The molecule has 1 N–H and O–H groups in total. The third-order valence-corrected chi connectivity index (χ3v) is 7.65. The monoisotopic (exact) mass is 477 g/mol. The van der Waals surface area contributed by atoms with Crippen LogP contribution in [0.5, 0.6) is 0 Å². The van der Waals surface area contributed by atoms with Crippen LogP contribution in [0.25, 0.3) is 10.9 Å². The molecule has 0 spiro atoms. The molecular formula is C25H20FN3O4S. The lowest BCUT2D eigenvalue weighted by Gasteiger charge is -2.46. The van der Waals surface area contributed by atoms with Crippen LogP contribution in [0.1, 0.15) is 21.5 Å². The van der Waals surface area contributed by atoms with Gasteiger partial charge in [-0.2, -0.15) is 4.39 Å². The van der Waals surface area contributed by atoms with Crippen LogP contribution < -0.4 is 0 Å². The number of carbonyl (C=O) groups is 1. The minimum absolute atomic E-state index is 0.0569. The van der Waals surface area contributed by atoms with E-state index in [4.69, 9.17) is 0 Å². The molecule has 3 heterocycles. The number of pyridine rings is 2. The van der Waals surface area contributed by atoms with E-state index in [-0.39, 0.29) is 35.2 Å². The molecule has 0 radical (unpaired) electrons. The second-order valence-electron chi connectivity index (χ2n) is 8.32. The van der Waals surface area contributed by atoms with E-state index in [0.717, 1.165) is 5.39 Å². The first kappa shape index (κ1) is 22.1. The smallest absolute Gasteiger partial charge is 0.254 e. The molecule has 9 heteroatoms. The van der Waals surface area contributed by atoms with Crippen molar-refractivity contribution in [3.05, 3.63) is 102 Å². The molecule has 1 saturated heterocycles. The Morgan fingerprint density at radius 3 is 2.38 bits per heavy atom. The molecule has 1 fully saturated rings. The topological polar surface area (TPSA) is 100 Å². The van der Waals surface area contributed by atoms with Crippen molar-refractivity contribution in [2.45, 2.75) is 16.2 Å². The Morgan fingerprint density at radius 2 is 1.65 bits per heavy atom. The van der Waals surface area contributed by atoms with E-state index in [1.807, 2.05) is 0 Å². The number of benzene rings is 2. The third kappa shape index (κ3) is 3.93. The van der Waals surface area contributed by atoms with Gasteiger partial charge in [-0.05, 0) is 42.0 Å². The minimum Gasteiger partial charge on any atom is -0.381 e. The highest BCUT2D eigenvalue weighted by atomic mass is 32.2. The molecule has 2 aromatic heterocycles. The molecule has 0 unspecified atom stereocenters. The van der Waals surface area contributed by atoms with Gasteiger partial charge < -0.3 is 10.0 Å². The number of carbonyl (C=O) groups excluding carboxylic acids is 1. The summed E-state index contributed by atoms with van der Waals surface area (Å²) in [5.74, 6) is -1.33. The lowest BCUT2D eigenvalue weighted by Crippen LogP contribution is -2.61. The number of aromatic nitrogens is 2. The molecule has 4 aromatic rings. The molecule has 172 valence electrons. The summed E-state index contributed by atoms with van der Waals surface area (Å²) in [6.45, 7) is -0.114. The number of aliphatic hydroxyl groups is 1. The van der Waals surface area contributed by atoms with E-state index in [9.17, 15) is 22.7 Å². The van der Waals surface area contributed by atoms with Gasteiger partial charge in [0.25, 0.3) is 5.91 Å². The second kappa shape index (κ2) is 8.27. The number of sulfone groups is 1. The van der Waals surface area contributed by atoms with Gasteiger partial charge in [0, 0.05) is 28.9 Å². The van der Waals surface area contributed by atoms with Crippen LogP contribution in [0.3, 0.4) is 0 Å². The summed E-state index contributed by atoms with van der Waals surface area (Å²) < 4.78 is 40.0. The van der Waals surface area contributed by atoms with Gasteiger partial charge in [-0.3, -0.25) is 9.78 Å². The number of fused-ring (bicyclic) bond motifs is 1. The van der Waals surface area contributed by atoms with Gasteiger partial charge in [-0.25, -0.2) is 13.4 Å². The first-order valence-electron chi connectivity index (χ1n) is 10.5. The van der Waals surface area contributed by atoms with Gasteiger partial charge in [-0.15, -0.1) is 0 Å². The summed E-state index contributed by atoms with van der Waals surface area (Å²) >= 11 is 0. The molecule has 5 rings (SSSR count). The van der Waals surface area contributed by atoms with Gasteiger partial charge in [0.15, 0.2) is 9.84 Å². The molecule has 34 heavy (non-hydrogen) atoms. The first-order valence-corrected chi connectivity index (χ1v) is 12.2. The average Bonchev–Trinajstić information content (AvgIpc) is 2.82. The zero-order valence-corrected chi connectivity index (χ0v) is 18.7. The Kier molecular flexibility index (Phi) is 5.38. The SMILES string of the molecule is O=C(c1ccc(CS(=O)(=O)c2cccc3cccnc23)cc1)N1CC(O)(c2cccnc2F)C1. The van der Waals surface area contributed by atoms with E-state index in [0.29, 0.717) is 16.6 Å².